The number of phosphoric ester groups is 1. The monoisotopic (exact) mass is 798 g/mol. The first-order valence-electron chi connectivity index (χ1n) is 20.3. The van der Waals surface area contributed by atoms with Crippen LogP contribution in [-0.2, 0) is 27.9 Å². The molecular formula is C42H71O12P. The topological polar surface area (TPSA) is 192 Å². The van der Waals surface area contributed by atoms with Gasteiger partial charge in [0, 0.05) is 13.0 Å². The minimum atomic E-state index is -5.03. The number of carbonyl (C=O) groups is 1. The van der Waals surface area contributed by atoms with Crippen LogP contribution in [0.25, 0.3) is 0 Å². The molecule has 1 fully saturated rings. The summed E-state index contributed by atoms with van der Waals surface area (Å²) in [7, 11) is -5.03. The molecule has 0 aromatic heterocycles. The second kappa shape index (κ2) is 32.8. The predicted molar refractivity (Wildman–Crippen MR) is 216 cm³/mol. The standard InChI is InChI=1S/C42H71O12P/c1-3-5-7-9-11-13-15-17-19-21-23-25-27-29-31-36(43)53-35(33-51-32-30-28-26-24-22-20-18-16-14-12-10-8-6-4-2)34-52-55(49,50)54-42-40(47)38(45)37(44)39(46)41(42)48/h6,8-9,11-12,14-15,17-18,20,24,26,35,37-42,44-48H,3-5,7,10,13,16,19,21-23,25,27-34H2,1-2H3,(H,49,50)/b8-6-,11-9-,14-12-,17-15-,20-18-,26-24-. The average Bonchev–Trinajstić information content (AvgIpc) is 3.17. The van der Waals surface area contributed by atoms with E-state index in [-0.39, 0.29) is 13.0 Å². The molecule has 0 aliphatic heterocycles. The van der Waals surface area contributed by atoms with Crippen molar-refractivity contribution in [1.82, 2.24) is 0 Å². The van der Waals surface area contributed by atoms with Gasteiger partial charge >= 0.3 is 13.8 Å². The maximum Gasteiger partial charge on any atom is 0.472 e. The maximum atomic E-state index is 12.8. The highest BCUT2D eigenvalue weighted by molar-refractivity contribution is 7.47. The molecular weight excluding hydrogens is 727 g/mol. The van der Waals surface area contributed by atoms with Crippen LogP contribution < -0.4 is 0 Å². The molecule has 1 saturated carbocycles. The van der Waals surface area contributed by atoms with E-state index in [2.05, 4.69) is 86.8 Å². The summed E-state index contributed by atoms with van der Waals surface area (Å²) in [5.41, 5.74) is 0. The number of esters is 1. The van der Waals surface area contributed by atoms with Gasteiger partial charge in [0.1, 0.15) is 42.7 Å². The fraction of sp³-hybridized carbons (Fsp3) is 0.690. The lowest BCUT2D eigenvalue weighted by atomic mass is 9.85. The molecule has 1 aliphatic rings. The summed E-state index contributed by atoms with van der Waals surface area (Å²) in [6.07, 6.45) is 28.5. The van der Waals surface area contributed by atoms with Crippen molar-refractivity contribution in [2.45, 2.75) is 166 Å². The van der Waals surface area contributed by atoms with Gasteiger partial charge in [-0.15, -0.1) is 0 Å². The highest BCUT2D eigenvalue weighted by atomic mass is 31.2. The smallest absolute Gasteiger partial charge is 0.457 e. The summed E-state index contributed by atoms with van der Waals surface area (Å²) < 4.78 is 33.9. The molecule has 12 nitrogen and oxygen atoms in total. The molecule has 55 heavy (non-hydrogen) atoms. The minimum absolute atomic E-state index is 0.125. The van der Waals surface area contributed by atoms with Crippen molar-refractivity contribution >= 4 is 13.8 Å². The van der Waals surface area contributed by atoms with Crippen LogP contribution >= 0.6 is 7.82 Å². The molecule has 0 bridgehead atoms. The molecule has 0 aromatic rings. The van der Waals surface area contributed by atoms with Gasteiger partial charge in [0.05, 0.1) is 13.2 Å². The number of aliphatic hydroxyl groups is 5. The van der Waals surface area contributed by atoms with Gasteiger partial charge in [0.25, 0.3) is 0 Å². The molecule has 0 aromatic carbocycles. The van der Waals surface area contributed by atoms with Crippen molar-refractivity contribution in [1.29, 1.82) is 0 Å². The van der Waals surface area contributed by atoms with Gasteiger partial charge in [0.2, 0.25) is 0 Å². The van der Waals surface area contributed by atoms with Crippen LogP contribution in [0.2, 0.25) is 0 Å². The summed E-state index contributed by atoms with van der Waals surface area (Å²) in [6, 6.07) is 0. The zero-order valence-electron chi connectivity index (χ0n) is 33.2. The number of hydrogen-bond donors (Lipinski definition) is 6. The number of rotatable bonds is 32. The van der Waals surface area contributed by atoms with Crippen LogP contribution in [0.5, 0.6) is 0 Å². The minimum Gasteiger partial charge on any atom is -0.457 e. The van der Waals surface area contributed by atoms with Crippen LogP contribution in [0.1, 0.15) is 123 Å². The average molecular weight is 799 g/mol. The van der Waals surface area contributed by atoms with E-state index < -0.39 is 63.1 Å². The molecule has 6 unspecified atom stereocenters. The van der Waals surface area contributed by atoms with E-state index in [4.69, 9.17) is 18.5 Å². The lowest BCUT2D eigenvalue weighted by molar-refractivity contribution is -0.220. The SMILES string of the molecule is CC/C=C\C/C=C\C/C=C\C/C=C\CCCOCC(COP(=O)(O)OC1C(O)C(O)C(O)C(O)C1O)OC(=O)CCCCCCC/C=C\C/C=C\CCCC. The first kappa shape index (κ1) is 50.8. The third-order valence-electron chi connectivity index (χ3n) is 8.81. The molecule has 316 valence electrons. The third-order valence-corrected chi connectivity index (χ3v) is 9.80. The Morgan fingerprint density at radius 2 is 1.07 bits per heavy atom. The molecule has 0 radical (unpaired) electrons. The largest absolute Gasteiger partial charge is 0.472 e. The molecule has 6 atom stereocenters. The zero-order chi connectivity index (χ0) is 40.6. The Labute approximate surface area is 329 Å². The lowest BCUT2D eigenvalue weighted by Crippen LogP contribution is -2.64. The van der Waals surface area contributed by atoms with E-state index >= 15 is 0 Å². The summed E-state index contributed by atoms with van der Waals surface area (Å²) >= 11 is 0. The maximum absolute atomic E-state index is 12.8. The first-order valence-corrected chi connectivity index (χ1v) is 21.8. The molecule has 6 N–H and O–H groups in total. The summed E-state index contributed by atoms with van der Waals surface area (Å²) in [5, 5.41) is 50.0. The van der Waals surface area contributed by atoms with Crippen LogP contribution in [0.15, 0.2) is 72.9 Å². The second-order valence-electron chi connectivity index (χ2n) is 13.7. The van der Waals surface area contributed by atoms with Crippen molar-refractivity contribution in [2.75, 3.05) is 19.8 Å². The Hall–Kier alpha value is -2.22. The quantitative estimate of drug-likeness (QED) is 0.0173. The number of aliphatic hydroxyl groups excluding tert-OH is 5. The molecule has 1 aliphatic carbocycles. The van der Waals surface area contributed by atoms with Gasteiger partial charge in [-0.2, -0.15) is 0 Å². The van der Waals surface area contributed by atoms with Crippen molar-refractivity contribution in [3.63, 3.8) is 0 Å². The van der Waals surface area contributed by atoms with Crippen molar-refractivity contribution in [2.24, 2.45) is 0 Å². The number of hydrogen-bond acceptors (Lipinski definition) is 11. The van der Waals surface area contributed by atoms with E-state index in [0.29, 0.717) is 19.4 Å². The summed E-state index contributed by atoms with van der Waals surface area (Å²) in [5.74, 6) is -0.515. The van der Waals surface area contributed by atoms with Gasteiger partial charge in [-0.05, 0) is 70.6 Å². The van der Waals surface area contributed by atoms with Crippen LogP contribution in [0.4, 0.5) is 0 Å². The number of carbonyl (C=O) groups excluding carboxylic acids is 1. The van der Waals surface area contributed by atoms with E-state index in [0.717, 1.165) is 77.0 Å². The highest BCUT2D eigenvalue weighted by Crippen LogP contribution is 2.47. The zero-order valence-corrected chi connectivity index (χ0v) is 34.1. The third kappa shape index (κ3) is 25.6. The Morgan fingerprint density at radius 1 is 0.600 bits per heavy atom. The predicted octanol–water partition coefficient (Wildman–Crippen LogP) is 7.24. The van der Waals surface area contributed by atoms with E-state index in [1.54, 1.807) is 0 Å². The molecule has 0 spiro atoms. The van der Waals surface area contributed by atoms with Gasteiger partial charge in [-0.1, -0.05) is 119 Å². The molecule has 13 heteroatoms. The number of phosphoric acid groups is 1. The van der Waals surface area contributed by atoms with Crippen LogP contribution in [0, 0.1) is 0 Å². The lowest BCUT2D eigenvalue weighted by Gasteiger charge is -2.41. The van der Waals surface area contributed by atoms with Crippen LogP contribution in [0.3, 0.4) is 0 Å². The van der Waals surface area contributed by atoms with Crippen molar-refractivity contribution in [3.8, 4) is 0 Å². The number of allylic oxidation sites excluding steroid dienone is 12. The molecule has 0 amide bonds. The fourth-order valence-corrected chi connectivity index (χ4v) is 6.52. The Bertz CT molecular complexity index is 1180. The summed E-state index contributed by atoms with van der Waals surface area (Å²) in [6.45, 7) is 3.91. The normalized spacial score (nSPS) is 24.0. The number of ether oxygens (including phenoxy) is 2. The van der Waals surface area contributed by atoms with Gasteiger partial charge in [-0.3, -0.25) is 13.8 Å². The molecule has 0 heterocycles. The second-order valence-corrected chi connectivity index (χ2v) is 15.2. The molecule has 0 saturated heterocycles. The van der Waals surface area contributed by atoms with Crippen molar-refractivity contribution < 1.29 is 58.3 Å². The van der Waals surface area contributed by atoms with Gasteiger partial charge in [0.15, 0.2) is 0 Å². The van der Waals surface area contributed by atoms with E-state index in [1.807, 2.05) is 0 Å². The fourth-order valence-electron chi connectivity index (χ4n) is 5.55. The van der Waals surface area contributed by atoms with Gasteiger partial charge in [-0.25, -0.2) is 4.57 Å². The summed E-state index contributed by atoms with van der Waals surface area (Å²) in [4.78, 5) is 23.0. The van der Waals surface area contributed by atoms with E-state index in [1.165, 1.54) is 12.8 Å². The Kier molecular flexibility index (Phi) is 30.3. The van der Waals surface area contributed by atoms with Crippen LogP contribution in [-0.4, -0.2) is 98.9 Å². The van der Waals surface area contributed by atoms with E-state index in [9.17, 15) is 39.8 Å². The Balaban J connectivity index is 2.52. The first-order chi connectivity index (χ1) is 26.5. The van der Waals surface area contributed by atoms with Gasteiger partial charge < -0.3 is 39.9 Å². The molecule has 1 rings (SSSR count). The van der Waals surface area contributed by atoms with Crippen molar-refractivity contribution in [3.05, 3.63) is 72.9 Å². The highest BCUT2D eigenvalue weighted by Gasteiger charge is 2.51. The Morgan fingerprint density at radius 3 is 1.64 bits per heavy atom. The number of unbranched alkanes of at least 4 members (excludes halogenated alkanes) is 8.